The molecule has 0 unspecified atom stereocenters. The smallest absolute Gasteiger partial charge is 0.509 e. The van der Waals surface area contributed by atoms with Gasteiger partial charge < -0.3 is 9.30 Å². The second kappa shape index (κ2) is 15.2. The van der Waals surface area contributed by atoms with Crippen molar-refractivity contribution in [2.24, 2.45) is 0 Å². The van der Waals surface area contributed by atoms with Crippen LogP contribution in [-0.4, -0.2) is 19.3 Å². The van der Waals surface area contributed by atoms with Crippen LogP contribution in [0, 0.1) is 12.1 Å². The molecule has 0 radical (unpaired) electrons. The maximum Gasteiger partial charge on any atom is 2.00 e. The van der Waals surface area contributed by atoms with Gasteiger partial charge in [-0.2, -0.15) is 11.2 Å². The molecule has 3 aromatic heterocycles. The van der Waals surface area contributed by atoms with E-state index in [4.69, 9.17) is 14.8 Å². The summed E-state index contributed by atoms with van der Waals surface area (Å²) in [6, 6.07) is 37.5. The SMILES string of the molecule is CCCc1ccc2c(c1)c1ccc(Oc3[c-]c(-n4nc(CC)c(-c5ccccc5)c4CC)cc(C(C)C)c3)[c-]c1n2-c1cc(C(C)(C)C)ccn1.[Pt+2]. The van der Waals surface area contributed by atoms with E-state index in [0.717, 1.165) is 64.9 Å². The van der Waals surface area contributed by atoms with E-state index in [2.05, 4.69) is 156 Å². The third-order valence-corrected chi connectivity index (χ3v) is 9.85. The summed E-state index contributed by atoms with van der Waals surface area (Å²) in [6.45, 7) is 17.7. The van der Waals surface area contributed by atoms with Crippen molar-refractivity contribution in [1.82, 2.24) is 19.3 Å². The van der Waals surface area contributed by atoms with Crippen molar-refractivity contribution >= 4 is 21.8 Å². The van der Waals surface area contributed by atoms with Crippen LogP contribution in [-0.2, 0) is 45.7 Å². The molecule has 0 N–H and O–H groups in total. The summed E-state index contributed by atoms with van der Waals surface area (Å²) in [5, 5.41) is 7.49. The van der Waals surface area contributed by atoms with Crippen molar-refractivity contribution in [1.29, 1.82) is 0 Å². The fourth-order valence-electron chi connectivity index (χ4n) is 7.11. The Labute approximate surface area is 323 Å². The van der Waals surface area contributed by atoms with E-state index in [1.54, 1.807) is 0 Å². The van der Waals surface area contributed by atoms with E-state index in [9.17, 15) is 0 Å². The Morgan fingerprint density at radius 1 is 0.808 bits per heavy atom. The number of nitrogens with zero attached hydrogens (tertiary/aromatic N) is 4. The molecular formula is C46H48N4OPt. The van der Waals surface area contributed by atoms with Gasteiger partial charge in [-0.05, 0) is 76.6 Å². The Bertz CT molecular complexity index is 2340. The number of pyridine rings is 1. The minimum Gasteiger partial charge on any atom is -0.509 e. The number of rotatable bonds is 10. The summed E-state index contributed by atoms with van der Waals surface area (Å²) in [6.07, 6.45) is 5.74. The number of hydrogen-bond acceptors (Lipinski definition) is 3. The third kappa shape index (κ3) is 7.13. The average Bonchev–Trinajstić information content (AvgIpc) is 3.67. The van der Waals surface area contributed by atoms with E-state index < -0.39 is 0 Å². The monoisotopic (exact) mass is 867 g/mol. The van der Waals surface area contributed by atoms with Gasteiger partial charge in [0.1, 0.15) is 5.82 Å². The van der Waals surface area contributed by atoms with E-state index in [0.29, 0.717) is 11.5 Å². The van der Waals surface area contributed by atoms with Crippen LogP contribution in [0.15, 0.2) is 91.1 Å². The number of hydrogen-bond donors (Lipinski definition) is 0. The predicted octanol–water partition coefficient (Wildman–Crippen LogP) is 11.9. The molecule has 0 aliphatic heterocycles. The minimum absolute atomic E-state index is 0. The molecule has 4 aromatic carbocycles. The van der Waals surface area contributed by atoms with Crippen LogP contribution in [0.4, 0.5) is 0 Å². The molecule has 7 aromatic rings. The van der Waals surface area contributed by atoms with E-state index >= 15 is 0 Å². The maximum atomic E-state index is 6.70. The largest absolute Gasteiger partial charge is 2.00 e. The number of fused-ring (bicyclic) bond motifs is 3. The summed E-state index contributed by atoms with van der Waals surface area (Å²) >= 11 is 0. The summed E-state index contributed by atoms with van der Waals surface area (Å²) in [5.41, 5.74) is 11.3. The zero-order valence-corrected chi connectivity index (χ0v) is 33.9. The number of aryl methyl sites for hydroxylation is 2. The van der Waals surface area contributed by atoms with Crippen LogP contribution in [0.25, 0.3) is 44.4 Å². The number of benzene rings is 4. The Morgan fingerprint density at radius 2 is 1.60 bits per heavy atom. The Hall–Kier alpha value is -4.47. The van der Waals surface area contributed by atoms with Gasteiger partial charge >= 0.3 is 21.1 Å². The molecule has 268 valence electrons. The van der Waals surface area contributed by atoms with Crippen LogP contribution in [0.3, 0.4) is 0 Å². The van der Waals surface area contributed by atoms with Gasteiger partial charge in [0.05, 0.1) is 5.69 Å². The molecule has 52 heavy (non-hydrogen) atoms. The van der Waals surface area contributed by atoms with Crippen molar-refractivity contribution < 1.29 is 25.8 Å². The first-order valence-electron chi connectivity index (χ1n) is 18.5. The van der Waals surface area contributed by atoms with Crippen LogP contribution >= 0.6 is 0 Å². The van der Waals surface area contributed by atoms with Crippen LogP contribution in [0.2, 0.25) is 0 Å². The fourth-order valence-corrected chi connectivity index (χ4v) is 7.11. The second-order valence-electron chi connectivity index (χ2n) is 14.8. The topological polar surface area (TPSA) is 44.9 Å². The van der Waals surface area contributed by atoms with Gasteiger partial charge in [-0.3, -0.25) is 4.68 Å². The molecule has 0 amide bonds. The molecule has 7 rings (SSSR count). The van der Waals surface area contributed by atoms with Crippen LogP contribution in [0.1, 0.15) is 95.8 Å². The van der Waals surface area contributed by atoms with Crippen LogP contribution in [0.5, 0.6) is 11.5 Å². The van der Waals surface area contributed by atoms with Gasteiger partial charge in [0.2, 0.25) is 0 Å². The van der Waals surface area contributed by atoms with Gasteiger partial charge in [0.25, 0.3) is 0 Å². The van der Waals surface area contributed by atoms with Crippen molar-refractivity contribution in [3.63, 3.8) is 0 Å². The van der Waals surface area contributed by atoms with Crippen molar-refractivity contribution in [2.75, 3.05) is 0 Å². The first-order valence-corrected chi connectivity index (χ1v) is 18.5. The summed E-state index contributed by atoms with van der Waals surface area (Å²) in [4.78, 5) is 4.88. The predicted molar refractivity (Wildman–Crippen MR) is 211 cm³/mol. The normalized spacial score (nSPS) is 11.8. The van der Waals surface area contributed by atoms with E-state index in [1.807, 2.05) is 12.3 Å². The standard InChI is InChI=1S/C46H48N4O.Pt/c1-9-15-31-18-21-42-39(24-31)38-20-19-36(29-43(38)49(42)44-27-34(22-23-47-44)46(6,7)8)51-37-26-33(30(4)5)25-35(28-37)50-41(11-3)45(40(10-2)48-50)32-16-13-12-14-17-32;/h12-14,16-27,30H,9-11,15H2,1-8H3;/q-2;+2. The number of ether oxygens (including phenoxy) is 1. The molecule has 6 heteroatoms. The zero-order chi connectivity index (χ0) is 35.9. The zero-order valence-electron chi connectivity index (χ0n) is 31.6. The maximum absolute atomic E-state index is 6.70. The molecule has 0 saturated heterocycles. The van der Waals surface area contributed by atoms with Crippen molar-refractivity contribution in [3.05, 3.63) is 131 Å². The van der Waals surface area contributed by atoms with Gasteiger partial charge in [0.15, 0.2) is 0 Å². The molecule has 0 saturated carbocycles. The van der Waals surface area contributed by atoms with E-state index in [-0.39, 0.29) is 32.4 Å². The Balaban J connectivity index is 0.00000464. The van der Waals surface area contributed by atoms with Crippen molar-refractivity contribution in [2.45, 2.75) is 92.4 Å². The van der Waals surface area contributed by atoms with Gasteiger partial charge in [-0.25, -0.2) is 4.98 Å². The molecule has 0 spiro atoms. The molecule has 0 aliphatic carbocycles. The molecule has 0 aliphatic rings. The summed E-state index contributed by atoms with van der Waals surface area (Å²) in [7, 11) is 0. The molecule has 0 bridgehead atoms. The molecule has 0 atom stereocenters. The first-order chi connectivity index (χ1) is 24.6. The molecular weight excluding hydrogens is 820 g/mol. The van der Waals surface area contributed by atoms with Gasteiger partial charge in [-0.1, -0.05) is 110 Å². The second-order valence-corrected chi connectivity index (χ2v) is 14.8. The first kappa shape index (κ1) is 37.3. The minimum atomic E-state index is -0.0102. The molecule has 5 nitrogen and oxygen atoms in total. The Kier molecular flexibility index (Phi) is 10.9. The third-order valence-electron chi connectivity index (χ3n) is 9.85. The van der Waals surface area contributed by atoms with Crippen LogP contribution < -0.4 is 4.74 Å². The van der Waals surface area contributed by atoms with Crippen molar-refractivity contribution in [3.8, 4) is 34.1 Å². The fraction of sp³-hybridized carbons (Fsp3) is 0.304. The number of aromatic nitrogens is 4. The Morgan fingerprint density at radius 3 is 2.29 bits per heavy atom. The summed E-state index contributed by atoms with van der Waals surface area (Å²) in [5.74, 6) is 2.43. The quantitative estimate of drug-likeness (QED) is 0.129. The van der Waals surface area contributed by atoms with Gasteiger partial charge in [-0.15, -0.1) is 41.3 Å². The van der Waals surface area contributed by atoms with Gasteiger partial charge in [0, 0.05) is 34.5 Å². The van der Waals surface area contributed by atoms with E-state index in [1.165, 1.54) is 33.3 Å². The average molecular weight is 868 g/mol. The molecule has 0 fully saturated rings. The molecule has 3 heterocycles. The summed E-state index contributed by atoms with van der Waals surface area (Å²) < 4.78 is 11.0.